The van der Waals surface area contributed by atoms with E-state index >= 15 is 0 Å². The van der Waals surface area contributed by atoms with Gasteiger partial charge in [0.05, 0.1) is 42.0 Å². The van der Waals surface area contributed by atoms with Crippen molar-refractivity contribution in [2.45, 2.75) is 76.9 Å². The number of imide groups is 1. The highest BCUT2D eigenvalue weighted by Crippen LogP contribution is 2.38. The lowest BCUT2D eigenvalue weighted by molar-refractivity contribution is -0.138. The maximum absolute atomic E-state index is 13.5. The maximum Gasteiger partial charge on any atom is 0.416 e. The molecule has 4 aromatic rings. The Morgan fingerprint density at radius 2 is 1.84 bits per heavy atom. The van der Waals surface area contributed by atoms with Crippen molar-refractivity contribution >= 4 is 57.6 Å². The Morgan fingerprint density at radius 1 is 1.05 bits per heavy atom. The first-order valence-electron chi connectivity index (χ1n) is 18.7. The molecular formula is C40H41F3N8O7. The van der Waals surface area contributed by atoms with Gasteiger partial charge >= 0.3 is 6.18 Å². The summed E-state index contributed by atoms with van der Waals surface area (Å²) in [4.78, 5) is 75.8. The summed E-state index contributed by atoms with van der Waals surface area (Å²) in [7, 11) is 1.48. The molecule has 5 amide bonds. The summed E-state index contributed by atoms with van der Waals surface area (Å²) < 4.78 is 52.5. The van der Waals surface area contributed by atoms with E-state index < -0.39 is 47.6 Å². The minimum Gasteiger partial charge on any atom is -0.493 e. The van der Waals surface area contributed by atoms with E-state index in [0.29, 0.717) is 58.1 Å². The minimum atomic E-state index is -4.57. The van der Waals surface area contributed by atoms with Crippen LogP contribution in [0.15, 0.2) is 48.5 Å². The van der Waals surface area contributed by atoms with Crippen LogP contribution in [0.2, 0.25) is 0 Å². The third kappa shape index (κ3) is 8.31. The average molecular weight is 803 g/mol. The van der Waals surface area contributed by atoms with Gasteiger partial charge in [-0.05, 0) is 61.7 Å². The first-order chi connectivity index (χ1) is 27.6. The molecule has 1 aromatic heterocycles. The van der Waals surface area contributed by atoms with E-state index in [1.165, 1.54) is 18.1 Å². The largest absolute Gasteiger partial charge is 0.493 e. The second-order valence-electron chi connectivity index (χ2n) is 14.5. The van der Waals surface area contributed by atoms with Gasteiger partial charge in [0.1, 0.15) is 23.8 Å². The van der Waals surface area contributed by atoms with Crippen LogP contribution >= 0.6 is 0 Å². The predicted octanol–water partition coefficient (Wildman–Crippen LogP) is 4.88. The molecule has 0 saturated carbocycles. The van der Waals surface area contributed by atoms with Crippen molar-refractivity contribution in [3.63, 3.8) is 0 Å². The highest BCUT2D eigenvalue weighted by atomic mass is 19.4. The molecule has 2 fully saturated rings. The highest BCUT2D eigenvalue weighted by molar-refractivity contribution is 6.09. The predicted molar refractivity (Wildman–Crippen MR) is 205 cm³/mol. The van der Waals surface area contributed by atoms with Gasteiger partial charge in [-0.3, -0.25) is 29.3 Å². The Kier molecular flexibility index (Phi) is 10.8. The molecule has 0 radical (unpaired) electrons. The summed E-state index contributed by atoms with van der Waals surface area (Å²) in [5, 5.41) is 8.75. The molecule has 2 saturated heterocycles. The lowest BCUT2D eigenvalue weighted by Gasteiger charge is -2.29. The van der Waals surface area contributed by atoms with Crippen LogP contribution in [0.5, 0.6) is 11.5 Å². The molecule has 3 aliphatic rings. The van der Waals surface area contributed by atoms with Crippen LogP contribution in [0.4, 0.5) is 30.4 Å². The summed E-state index contributed by atoms with van der Waals surface area (Å²) in [5.41, 5.74) is 6.94. The van der Waals surface area contributed by atoms with Gasteiger partial charge in [0, 0.05) is 55.9 Å². The Bertz CT molecular complexity index is 2340. The fourth-order valence-electron chi connectivity index (χ4n) is 7.53. The van der Waals surface area contributed by atoms with Gasteiger partial charge in [0.25, 0.3) is 5.91 Å². The Labute approximate surface area is 330 Å². The number of halogens is 3. The van der Waals surface area contributed by atoms with Crippen molar-refractivity contribution in [1.29, 1.82) is 0 Å². The molecular weight excluding hydrogens is 761 g/mol. The number of amides is 5. The molecule has 304 valence electrons. The van der Waals surface area contributed by atoms with E-state index in [1.807, 2.05) is 0 Å². The molecule has 0 spiro atoms. The smallest absolute Gasteiger partial charge is 0.416 e. The molecule has 4 heterocycles. The maximum atomic E-state index is 13.5. The van der Waals surface area contributed by atoms with Crippen LogP contribution in [-0.2, 0) is 31.9 Å². The monoisotopic (exact) mass is 802 g/mol. The number of benzene rings is 3. The molecule has 15 nitrogen and oxygen atoms in total. The lowest BCUT2D eigenvalue weighted by Crippen LogP contribution is -2.52. The van der Waals surface area contributed by atoms with Gasteiger partial charge in [-0.1, -0.05) is 12.1 Å². The van der Waals surface area contributed by atoms with Gasteiger partial charge in [-0.15, -0.1) is 0 Å². The number of likely N-dealkylation sites (tertiary alicyclic amines) is 1. The number of rotatable bonds is 11. The highest BCUT2D eigenvalue weighted by Gasteiger charge is 2.40. The molecule has 3 aliphatic heterocycles. The summed E-state index contributed by atoms with van der Waals surface area (Å²) in [6.07, 6.45) is -4.41. The number of nitrogen functional groups attached to an aromatic ring is 1. The number of aromatic nitrogens is 2. The SMILES string of the molecule is COc1cc2nc(C)nc(N[C@H](C)c3cc(N)cc(C(F)(F)F)c3)c2cc1O[C@H]1CCN(C(=O)CCC(=O)Nc2cccc3c2C(=O)N(C2CCC(=O)NC2=O)C3)C1. The molecule has 18 heteroatoms. The normalized spacial score (nSPS) is 18.6. The van der Waals surface area contributed by atoms with Crippen LogP contribution in [-0.4, -0.2) is 81.6 Å². The third-order valence-corrected chi connectivity index (χ3v) is 10.4. The molecule has 0 bridgehead atoms. The van der Waals surface area contributed by atoms with E-state index in [4.69, 9.17) is 15.2 Å². The molecule has 7 rings (SSSR count). The van der Waals surface area contributed by atoms with Crippen molar-refractivity contribution in [1.82, 2.24) is 25.1 Å². The number of alkyl halides is 3. The number of nitrogens with zero attached hydrogens (tertiary/aromatic N) is 4. The van der Waals surface area contributed by atoms with Crippen molar-refractivity contribution in [2.75, 3.05) is 36.6 Å². The van der Waals surface area contributed by atoms with Crippen LogP contribution < -0.4 is 31.2 Å². The number of aryl methyl sites for hydroxylation is 1. The number of piperidine rings is 1. The van der Waals surface area contributed by atoms with Gasteiger partial charge in [-0.2, -0.15) is 13.2 Å². The standard InChI is InChI=1S/C40H41F3N8O7/c1-20(23-13-24(40(41,42)43)15-25(44)14-23)45-37-27-16-32(31(57-3)17-29(27)46-21(2)47-37)58-26-11-12-50(19-26)35(54)10-9-33(52)48-28-6-4-5-22-18-51(39(56)36(22)28)30-7-8-34(53)49-38(30)55/h4-6,13-17,20,26,30H,7-12,18-19,44H2,1-3H3,(H,48,52)(H,45,46,47)(H,49,53,55)/t20-,26+,30?/m1/s1. The fourth-order valence-corrected chi connectivity index (χ4v) is 7.53. The molecule has 0 aliphatic carbocycles. The Balaban J connectivity index is 0.977. The summed E-state index contributed by atoms with van der Waals surface area (Å²) >= 11 is 0. The van der Waals surface area contributed by atoms with Gasteiger partial charge in [-0.25, -0.2) is 9.97 Å². The Morgan fingerprint density at radius 3 is 2.59 bits per heavy atom. The second-order valence-corrected chi connectivity index (χ2v) is 14.5. The summed E-state index contributed by atoms with van der Waals surface area (Å²) in [5.74, 6) is -0.565. The van der Waals surface area contributed by atoms with E-state index in [9.17, 15) is 37.1 Å². The number of nitrogens with two attached hydrogens (primary N) is 1. The number of carbonyl (C=O) groups is 5. The zero-order chi connectivity index (χ0) is 41.5. The van der Waals surface area contributed by atoms with Crippen molar-refractivity contribution < 1.29 is 46.6 Å². The molecule has 3 atom stereocenters. The van der Waals surface area contributed by atoms with Gasteiger partial charge in [0.15, 0.2) is 11.5 Å². The van der Waals surface area contributed by atoms with Crippen LogP contribution in [0.3, 0.4) is 0 Å². The lowest BCUT2D eigenvalue weighted by atomic mass is 10.0. The van der Waals surface area contributed by atoms with Crippen molar-refractivity contribution in [2.24, 2.45) is 0 Å². The number of ether oxygens (including phenoxy) is 2. The first-order valence-corrected chi connectivity index (χ1v) is 18.7. The first kappa shape index (κ1) is 39.8. The molecule has 58 heavy (non-hydrogen) atoms. The number of hydrogen-bond acceptors (Lipinski definition) is 11. The number of carbonyl (C=O) groups excluding carboxylic acids is 5. The zero-order valence-electron chi connectivity index (χ0n) is 31.9. The van der Waals surface area contributed by atoms with E-state index in [-0.39, 0.29) is 67.5 Å². The summed E-state index contributed by atoms with van der Waals surface area (Å²) in [6.45, 7) is 4.17. The number of nitrogens with one attached hydrogen (secondary N) is 3. The number of anilines is 3. The minimum absolute atomic E-state index is 0.0238. The van der Waals surface area contributed by atoms with Crippen molar-refractivity contribution in [3.05, 3.63) is 76.6 Å². The number of hydrogen-bond donors (Lipinski definition) is 4. The fraction of sp³-hybridized carbons (Fsp3) is 0.375. The van der Waals surface area contributed by atoms with Crippen LogP contribution in [0.1, 0.15) is 77.9 Å². The number of fused-ring (bicyclic) bond motifs is 2. The van der Waals surface area contributed by atoms with E-state index in [2.05, 4.69) is 25.9 Å². The van der Waals surface area contributed by atoms with Gasteiger partial charge < -0.3 is 35.6 Å². The van der Waals surface area contributed by atoms with E-state index in [1.54, 1.807) is 49.1 Å². The van der Waals surface area contributed by atoms with Gasteiger partial charge in [0.2, 0.25) is 23.6 Å². The molecule has 3 aromatic carbocycles. The molecule has 1 unspecified atom stereocenters. The Hall–Kier alpha value is -6.46. The molecule has 5 N–H and O–H groups in total. The van der Waals surface area contributed by atoms with Crippen LogP contribution in [0, 0.1) is 6.92 Å². The van der Waals surface area contributed by atoms with Crippen molar-refractivity contribution in [3.8, 4) is 11.5 Å². The second kappa shape index (κ2) is 15.8. The zero-order valence-corrected chi connectivity index (χ0v) is 31.9. The number of methoxy groups -OCH3 is 1. The topological polar surface area (TPSA) is 198 Å². The average Bonchev–Trinajstić information content (AvgIpc) is 3.77. The summed E-state index contributed by atoms with van der Waals surface area (Å²) in [6, 6.07) is 10.4. The van der Waals surface area contributed by atoms with Crippen LogP contribution in [0.25, 0.3) is 10.9 Å². The van der Waals surface area contributed by atoms with E-state index in [0.717, 1.165) is 12.1 Å². The third-order valence-electron chi connectivity index (χ3n) is 10.4. The quantitative estimate of drug-likeness (QED) is 0.119.